The first-order chi connectivity index (χ1) is 9.81. The number of rotatable bonds is 4. The van der Waals surface area contributed by atoms with Gasteiger partial charge in [0.05, 0.1) is 0 Å². The topological polar surface area (TPSA) is 12.5 Å². The zero-order valence-corrected chi connectivity index (χ0v) is 12.4. The Morgan fingerprint density at radius 1 is 1.10 bits per heavy atom. The van der Waals surface area contributed by atoms with Gasteiger partial charge in [0, 0.05) is 24.4 Å². The van der Waals surface area contributed by atoms with Crippen molar-refractivity contribution < 1.29 is 4.74 Å². The number of fused-ring (bicyclic) bond motifs is 1. The van der Waals surface area contributed by atoms with Gasteiger partial charge in [0.25, 0.3) is 0 Å². The summed E-state index contributed by atoms with van der Waals surface area (Å²) in [7, 11) is 0. The van der Waals surface area contributed by atoms with Gasteiger partial charge in [-0.25, -0.2) is 0 Å². The molecule has 1 aliphatic rings. The maximum Gasteiger partial charge on any atom is 0.127 e. The highest BCUT2D eigenvalue weighted by Gasteiger charge is 2.31. The molecule has 0 saturated carbocycles. The average Bonchev–Trinajstić information content (AvgIpc) is 2.90. The van der Waals surface area contributed by atoms with Crippen molar-refractivity contribution in [1.82, 2.24) is 4.90 Å². The van der Waals surface area contributed by atoms with E-state index < -0.39 is 0 Å². The molecule has 1 aliphatic heterocycles. The third-order valence-corrected chi connectivity index (χ3v) is 4.41. The van der Waals surface area contributed by atoms with Crippen molar-refractivity contribution in [2.45, 2.75) is 38.8 Å². The fraction of sp³-hybridized carbons (Fsp3) is 0.444. The van der Waals surface area contributed by atoms with Crippen LogP contribution in [0.3, 0.4) is 0 Å². The summed E-state index contributed by atoms with van der Waals surface area (Å²) in [5.74, 6) is 1.03. The molecule has 106 valence electrons. The summed E-state index contributed by atoms with van der Waals surface area (Å²) in [6.45, 7) is 6.68. The van der Waals surface area contributed by atoms with E-state index >= 15 is 0 Å². The van der Waals surface area contributed by atoms with Gasteiger partial charge >= 0.3 is 0 Å². The maximum atomic E-state index is 6.31. The lowest BCUT2D eigenvalue weighted by Gasteiger charge is -2.20. The second-order valence-electron chi connectivity index (χ2n) is 5.60. The van der Waals surface area contributed by atoms with Gasteiger partial charge in [0.2, 0.25) is 0 Å². The molecule has 0 aromatic heterocycles. The zero-order chi connectivity index (χ0) is 13.9. The van der Waals surface area contributed by atoms with Crippen molar-refractivity contribution in [3.63, 3.8) is 0 Å². The Balaban J connectivity index is 1.80. The number of nitrogens with zero attached hydrogens (tertiary/aromatic N) is 1. The summed E-state index contributed by atoms with van der Waals surface area (Å²) in [6.07, 6.45) is 2.68. The van der Waals surface area contributed by atoms with Crippen molar-refractivity contribution in [2.24, 2.45) is 0 Å². The lowest BCUT2D eigenvalue weighted by atomic mass is 10.1. The molecular weight excluding hydrogens is 246 g/mol. The summed E-state index contributed by atoms with van der Waals surface area (Å²) >= 11 is 0. The minimum absolute atomic E-state index is 0.325. The van der Waals surface area contributed by atoms with Gasteiger partial charge in [-0.1, -0.05) is 50.2 Å². The van der Waals surface area contributed by atoms with Crippen molar-refractivity contribution in [1.29, 1.82) is 0 Å². The van der Waals surface area contributed by atoms with Crippen molar-refractivity contribution in [3.8, 4) is 5.75 Å². The van der Waals surface area contributed by atoms with Crippen molar-refractivity contribution in [2.75, 3.05) is 13.1 Å². The Morgan fingerprint density at radius 3 is 2.65 bits per heavy atom. The molecule has 2 unspecified atom stereocenters. The Labute approximate surface area is 121 Å². The van der Waals surface area contributed by atoms with Crippen LogP contribution >= 0.6 is 0 Å². The standard InChI is InChI=1S/C18H23NO/c1-3-15-12-16(13-19(15)4-2)20-18-11-7-9-14-8-5-6-10-17(14)18/h5-11,15-16H,3-4,12-13H2,1-2H3. The van der Waals surface area contributed by atoms with E-state index in [2.05, 4.69) is 61.2 Å². The molecule has 0 aliphatic carbocycles. The molecule has 1 fully saturated rings. The molecule has 2 heteroatoms. The Kier molecular flexibility index (Phi) is 3.93. The predicted molar refractivity (Wildman–Crippen MR) is 84.3 cm³/mol. The molecule has 0 spiro atoms. The van der Waals surface area contributed by atoms with E-state index in [0.717, 1.165) is 25.3 Å². The minimum Gasteiger partial charge on any atom is -0.488 e. The highest BCUT2D eigenvalue weighted by atomic mass is 16.5. The van der Waals surface area contributed by atoms with Gasteiger partial charge in [-0.3, -0.25) is 4.90 Å². The fourth-order valence-corrected chi connectivity index (χ4v) is 3.31. The molecule has 2 aromatic rings. The van der Waals surface area contributed by atoms with E-state index in [1.807, 2.05) is 0 Å². The monoisotopic (exact) mass is 269 g/mol. The van der Waals surface area contributed by atoms with Crippen LogP contribution in [0.4, 0.5) is 0 Å². The first-order valence-electron chi connectivity index (χ1n) is 7.70. The second kappa shape index (κ2) is 5.84. The van der Waals surface area contributed by atoms with Crippen molar-refractivity contribution in [3.05, 3.63) is 42.5 Å². The lowest BCUT2D eigenvalue weighted by molar-refractivity contribution is 0.202. The molecular formula is C18H23NO. The Bertz CT molecular complexity index is 563. The van der Waals surface area contributed by atoms with Gasteiger partial charge in [-0.2, -0.15) is 0 Å². The number of benzene rings is 2. The van der Waals surface area contributed by atoms with Crippen LogP contribution < -0.4 is 4.74 Å². The van der Waals surface area contributed by atoms with Crippen LogP contribution in [-0.2, 0) is 0 Å². The predicted octanol–water partition coefficient (Wildman–Crippen LogP) is 4.09. The fourth-order valence-electron chi connectivity index (χ4n) is 3.31. The molecule has 0 N–H and O–H groups in total. The summed E-state index contributed by atoms with van der Waals surface area (Å²) in [5, 5.41) is 2.47. The molecule has 2 aromatic carbocycles. The first kappa shape index (κ1) is 13.4. The third-order valence-electron chi connectivity index (χ3n) is 4.41. The highest BCUT2D eigenvalue weighted by Crippen LogP contribution is 2.29. The lowest BCUT2D eigenvalue weighted by Crippen LogP contribution is -2.29. The van der Waals surface area contributed by atoms with Crippen LogP contribution in [0.1, 0.15) is 26.7 Å². The third kappa shape index (κ3) is 2.53. The number of likely N-dealkylation sites (tertiary alicyclic amines) is 1. The summed E-state index contributed by atoms with van der Waals surface area (Å²) in [4.78, 5) is 2.54. The van der Waals surface area contributed by atoms with Crippen LogP contribution in [0.15, 0.2) is 42.5 Å². The summed E-state index contributed by atoms with van der Waals surface area (Å²) in [5.41, 5.74) is 0. The molecule has 2 atom stereocenters. The van der Waals surface area contributed by atoms with Crippen LogP contribution in [-0.4, -0.2) is 30.1 Å². The Morgan fingerprint density at radius 2 is 1.90 bits per heavy atom. The largest absolute Gasteiger partial charge is 0.488 e. The zero-order valence-electron chi connectivity index (χ0n) is 12.4. The second-order valence-corrected chi connectivity index (χ2v) is 5.60. The molecule has 0 radical (unpaired) electrons. The smallest absolute Gasteiger partial charge is 0.127 e. The molecule has 3 rings (SSSR count). The number of ether oxygens (including phenoxy) is 1. The van der Waals surface area contributed by atoms with Gasteiger partial charge < -0.3 is 4.74 Å². The highest BCUT2D eigenvalue weighted by molar-refractivity contribution is 5.88. The molecule has 1 heterocycles. The van der Waals surface area contributed by atoms with Gasteiger partial charge in [0.1, 0.15) is 11.9 Å². The number of hydrogen-bond acceptors (Lipinski definition) is 2. The van der Waals surface area contributed by atoms with E-state index in [1.165, 1.54) is 17.2 Å². The van der Waals surface area contributed by atoms with Crippen LogP contribution in [0.25, 0.3) is 10.8 Å². The van der Waals surface area contributed by atoms with E-state index in [4.69, 9.17) is 4.74 Å². The molecule has 1 saturated heterocycles. The van der Waals surface area contributed by atoms with E-state index in [1.54, 1.807) is 0 Å². The van der Waals surface area contributed by atoms with Crippen LogP contribution in [0.5, 0.6) is 5.75 Å². The van der Waals surface area contributed by atoms with Gasteiger partial charge in [-0.05, 0) is 24.4 Å². The van der Waals surface area contributed by atoms with E-state index in [0.29, 0.717) is 12.1 Å². The number of hydrogen-bond donors (Lipinski definition) is 0. The molecule has 2 nitrogen and oxygen atoms in total. The Hall–Kier alpha value is -1.54. The summed E-state index contributed by atoms with van der Waals surface area (Å²) in [6, 6.07) is 15.5. The van der Waals surface area contributed by atoms with E-state index in [-0.39, 0.29) is 0 Å². The van der Waals surface area contributed by atoms with Crippen LogP contribution in [0.2, 0.25) is 0 Å². The van der Waals surface area contributed by atoms with Gasteiger partial charge in [-0.15, -0.1) is 0 Å². The molecule has 0 amide bonds. The van der Waals surface area contributed by atoms with Crippen LogP contribution in [0, 0.1) is 0 Å². The number of likely N-dealkylation sites (N-methyl/N-ethyl adjacent to an activating group) is 1. The molecule has 20 heavy (non-hydrogen) atoms. The average molecular weight is 269 g/mol. The van der Waals surface area contributed by atoms with Gasteiger partial charge in [0.15, 0.2) is 0 Å². The quantitative estimate of drug-likeness (QED) is 0.829. The maximum absolute atomic E-state index is 6.31. The normalized spacial score (nSPS) is 23.3. The van der Waals surface area contributed by atoms with Crippen molar-refractivity contribution >= 4 is 10.8 Å². The SMILES string of the molecule is CCC1CC(Oc2cccc3ccccc23)CN1CC. The summed E-state index contributed by atoms with van der Waals surface area (Å²) < 4.78 is 6.31. The van der Waals surface area contributed by atoms with E-state index in [9.17, 15) is 0 Å². The minimum atomic E-state index is 0.325. The first-order valence-corrected chi connectivity index (χ1v) is 7.70. The molecule has 0 bridgehead atoms.